The molecule has 1 aromatic carbocycles. The van der Waals surface area contributed by atoms with E-state index in [1.54, 1.807) is 0 Å². The fourth-order valence-corrected chi connectivity index (χ4v) is 1.52. The van der Waals surface area contributed by atoms with Gasteiger partial charge in [0, 0.05) is 11.6 Å². The second-order valence-electron chi connectivity index (χ2n) is 3.50. The molecule has 0 saturated carbocycles. The Morgan fingerprint density at radius 2 is 2.00 bits per heavy atom. The summed E-state index contributed by atoms with van der Waals surface area (Å²) < 4.78 is 39.8. The number of Topliss-reactive ketones (excluding diaryl/α,β-unsaturated/α-hetero) is 1. The minimum atomic E-state index is -4.99. The Kier molecular flexibility index (Phi) is 4.51. The fraction of sp³-hybridized carbons (Fsp3) is 0.300. The molecule has 0 N–H and O–H groups in total. The van der Waals surface area contributed by atoms with Crippen molar-refractivity contribution in [1.29, 1.82) is 0 Å². The Hall–Kier alpha value is -1.64. The van der Waals surface area contributed by atoms with Crippen molar-refractivity contribution >= 4 is 27.4 Å². The quantitative estimate of drug-likeness (QED) is 0.364. The molecule has 1 unspecified atom stereocenters. The van der Waals surface area contributed by atoms with E-state index >= 15 is 0 Å². The molecule has 0 saturated heterocycles. The molecule has 0 radical (unpaired) electrons. The van der Waals surface area contributed by atoms with E-state index in [9.17, 15) is 28.1 Å². The van der Waals surface area contributed by atoms with Gasteiger partial charge in [0.25, 0.3) is 5.69 Å². The number of nitro groups is 1. The van der Waals surface area contributed by atoms with E-state index in [1.165, 1.54) is 6.92 Å². The molecule has 0 aromatic heterocycles. The Labute approximate surface area is 113 Å². The van der Waals surface area contributed by atoms with E-state index in [0.717, 1.165) is 12.1 Å². The molecular formula is C10H7BrF3NO4. The van der Waals surface area contributed by atoms with Crippen LogP contribution in [-0.2, 0) is 0 Å². The molecular weight excluding hydrogens is 335 g/mol. The van der Waals surface area contributed by atoms with Gasteiger partial charge in [-0.25, -0.2) is 0 Å². The average Bonchev–Trinajstić information content (AvgIpc) is 2.24. The summed E-state index contributed by atoms with van der Waals surface area (Å²) >= 11 is 2.94. The number of carbonyl (C=O) groups excluding carboxylic acids is 1. The van der Waals surface area contributed by atoms with Crippen LogP contribution in [0.3, 0.4) is 0 Å². The van der Waals surface area contributed by atoms with Gasteiger partial charge in [0.15, 0.2) is 5.78 Å². The Morgan fingerprint density at radius 3 is 2.42 bits per heavy atom. The number of benzene rings is 1. The van der Waals surface area contributed by atoms with Crippen molar-refractivity contribution in [3.63, 3.8) is 0 Å². The third-order valence-corrected chi connectivity index (χ3v) is 2.40. The highest BCUT2D eigenvalue weighted by Gasteiger charge is 2.32. The molecule has 0 aliphatic rings. The number of alkyl halides is 4. The van der Waals surface area contributed by atoms with Crippen LogP contribution < -0.4 is 4.74 Å². The third kappa shape index (κ3) is 4.51. The molecule has 0 bridgehead atoms. The lowest BCUT2D eigenvalue weighted by molar-refractivity contribution is -0.385. The predicted octanol–water partition coefficient (Wildman–Crippen LogP) is 3.46. The van der Waals surface area contributed by atoms with Crippen LogP contribution in [0.4, 0.5) is 18.9 Å². The third-order valence-electron chi connectivity index (χ3n) is 1.98. The molecule has 0 aliphatic carbocycles. The second-order valence-corrected chi connectivity index (χ2v) is 4.87. The average molecular weight is 342 g/mol. The molecule has 5 nitrogen and oxygen atoms in total. The summed E-state index contributed by atoms with van der Waals surface area (Å²) in [6.07, 6.45) is -4.99. The van der Waals surface area contributed by atoms with Crippen LogP contribution in [-0.4, -0.2) is 21.9 Å². The van der Waals surface area contributed by atoms with Crippen molar-refractivity contribution in [2.24, 2.45) is 0 Å². The van der Waals surface area contributed by atoms with Crippen LogP contribution in [0.5, 0.6) is 5.75 Å². The fourth-order valence-electron chi connectivity index (χ4n) is 1.25. The van der Waals surface area contributed by atoms with Gasteiger partial charge in [-0.1, -0.05) is 15.9 Å². The highest BCUT2D eigenvalue weighted by Crippen LogP contribution is 2.29. The number of ether oxygens (including phenoxy) is 1. The SMILES string of the molecule is CC(Br)C(=O)c1cc(OC(F)(F)F)cc([N+](=O)[O-])c1. The molecule has 104 valence electrons. The van der Waals surface area contributed by atoms with Crippen LogP contribution in [0, 0.1) is 10.1 Å². The first kappa shape index (κ1) is 15.4. The highest BCUT2D eigenvalue weighted by molar-refractivity contribution is 9.10. The van der Waals surface area contributed by atoms with Gasteiger partial charge in [0.1, 0.15) is 5.75 Å². The van der Waals surface area contributed by atoms with Gasteiger partial charge in [0.2, 0.25) is 0 Å². The van der Waals surface area contributed by atoms with E-state index in [4.69, 9.17) is 0 Å². The largest absolute Gasteiger partial charge is 0.573 e. The molecule has 0 spiro atoms. The molecule has 1 rings (SSSR count). The van der Waals surface area contributed by atoms with Crippen LogP contribution in [0.25, 0.3) is 0 Å². The number of nitro benzene ring substituents is 1. The van der Waals surface area contributed by atoms with Crippen molar-refractivity contribution in [1.82, 2.24) is 0 Å². The van der Waals surface area contributed by atoms with Crippen molar-refractivity contribution in [3.8, 4) is 5.75 Å². The first-order valence-electron chi connectivity index (χ1n) is 4.83. The van der Waals surface area contributed by atoms with E-state index in [1.807, 2.05) is 0 Å². The van der Waals surface area contributed by atoms with Gasteiger partial charge in [0.05, 0.1) is 15.8 Å². The number of ketones is 1. The minimum Gasteiger partial charge on any atom is -0.406 e. The monoisotopic (exact) mass is 341 g/mol. The lowest BCUT2D eigenvalue weighted by Gasteiger charge is -2.10. The molecule has 9 heteroatoms. The van der Waals surface area contributed by atoms with Crippen molar-refractivity contribution in [2.75, 3.05) is 0 Å². The number of non-ortho nitro benzene ring substituents is 1. The van der Waals surface area contributed by atoms with Gasteiger partial charge >= 0.3 is 6.36 Å². The summed E-state index contributed by atoms with van der Waals surface area (Å²) in [6, 6.07) is 2.30. The Bertz CT molecular complexity index is 516. The maximum Gasteiger partial charge on any atom is 0.573 e. The molecule has 19 heavy (non-hydrogen) atoms. The summed E-state index contributed by atoms with van der Waals surface area (Å²) in [7, 11) is 0. The first-order valence-corrected chi connectivity index (χ1v) is 5.75. The lowest BCUT2D eigenvalue weighted by Crippen LogP contribution is -2.18. The summed E-state index contributed by atoms with van der Waals surface area (Å²) in [6.45, 7) is 1.45. The van der Waals surface area contributed by atoms with E-state index in [0.29, 0.717) is 6.07 Å². The minimum absolute atomic E-state index is 0.238. The maximum absolute atomic E-state index is 12.1. The predicted molar refractivity (Wildman–Crippen MR) is 62.5 cm³/mol. The number of hydrogen-bond donors (Lipinski definition) is 0. The van der Waals surface area contributed by atoms with Crippen molar-refractivity contribution in [2.45, 2.75) is 18.1 Å². The molecule has 0 heterocycles. The lowest BCUT2D eigenvalue weighted by atomic mass is 10.1. The van der Waals surface area contributed by atoms with E-state index in [-0.39, 0.29) is 5.56 Å². The molecule has 0 amide bonds. The Balaban J connectivity index is 3.26. The summed E-state index contributed by atoms with van der Waals surface area (Å²) in [4.78, 5) is 20.6. The molecule has 1 aromatic rings. The summed E-state index contributed by atoms with van der Waals surface area (Å²) in [5.41, 5.74) is -0.893. The Morgan fingerprint density at radius 1 is 1.42 bits per heavy atom. The van der Waals surface area contributed by atoms with Gasteiger partial charge in [-0.05, 0) is 13.0 Å². The zero-order chi connectivity index (χ0) is 14.8. The number of rotatable bonds is 4. The van der Waals surface area contributed by atoms with E-state index < -0.39 is 33.3 Å². The van der Waals surface area contributed by atoms with E-state index in [2.05, 4.69) is 20.7 Å². The zero-order valence-electron chi connectivity index (χ0n) is 9.40. The first-order chi connectivity index (χ1) is 8.60. The van der Waals surface area contributed by atoms with Gasteiger partial charge in [-0.2, -0.15) is 0 Å². The van der Waals surface area contributed by atoms with Gasteiger partial charge in [-0.3, -0.25) is 14.9 Å². The second kappa shape index (κ2) is 5.55. The van der Waals surface area contributed by atoms with Crippen LogP contribution in [0.2, 0.25) is 0 Å². The van der Waals surface area contributed by atoms with Crippen LogP contribution >= 0.6 is 15.9 Å². The molecule has 0 fully saturated rings. The maximum atomic E-state index is 12.1. The highest BCUT2D eigenvalue weighted by atomic mass is 79.9. The van der Waals surface area contributed by atoms with Crippen LogP contribution in [0.1, 0.15) is 17.3 Å². The summed E-state index contributed by atoms with van der Waals surface area (Å²) in [5.74, 6) is -1.39. The zero-order valence-corrected chi connectivity index (χ0v) is 11.0. The topological polar surface area (TPSA) is 69.4 Å². The number of carbonyl (C=O) groups is 1. The van der Waals surface area contributed by atoms with Gasteiger partial charge < -0.3 is 4.74 Å². The molecule has 1 atom stereocenters. The normalized spacial score (nSPS) is 12.9. The molecule has 0 aliphatic heterocycles. The van der Waals surface area contributed by atoms with Gasteiger partial charge in [-0.15, -0.1) is 13.2 Å². The van der Waals surface area contributed by atoms with Crippen molar-refractivity contribution < 1.29 is 27.6 Å². The number of nitrogens with zero attached hydrogens (tertiary/aromatic N) is 1. The summed E-state index contributed by atoms with van der Waals surface area (Å²) in [5, 5.41) is 10.6. The number of hydrogen-bond acceptors (Lipinski definition) is 4. The van der Waals surface area contributed by atoms with Crippen molar-refractivity contribution in [3.05, 3.63) is 33.9 Å². The standard InChI is InChI=1S/C10H7BrF3NO4/c1-5(11)9(16)6-2-7(15(17)18)4-8(3-6)19-10(12,13)14/h2-5H,1H3. The smallest absolute Gasteiger partial charge is 0.406 e. The number of halogens is 4. The van der Waals surface area contributed by atoms with Crippen LogP contribution in [0.15, 0.2) is 18.2 Å².